The maximum atomic E-state index is 10.8. The highest BCUT2D eigenvalue weighted by molar-refractivity contribution is 14.2. The first-order chi connectivity index (χ1) is 3.06. The van der Waals surface area contributed by atoms with E-state index in [-0.39, 0.29) is 0 Å². The van der Waals surface area contributed by atoms with Gasteiger partial charge in [-0.2, -0.15) is 0 Å². The van der Waals surface area contributed by atoms with E-state index in [0.717, 1.165) is 12.6 Å². The number of halogens is 1. The molecule has 0 aromatic carbocycles. The Bertz CT molecular complexity index is 85.7. The third kappa shape index (κ3) is 6.96. The van der Waals surface area contributed by atoms with Crippen LogP contribution in [0, 0.1) is 0 Å². The second kappa shape index (κ2) is 3.08. The summed E-state index contributed by atoms with van der Waals surface area (Å²) in [7, 11) is 0. The van der Waals surface area contributed by atoms with E-state index in [2.05, 4.69) is 6.92 Å². The zero-order valence-electron chi connectivity index (χ0n) is 4.65. The molecule has 0 spiro atoms. The molecule has 0 aliphatic heterocycles. The molecule has 0 rings (SSSR count). The third-order valence-electron chi connectivity index (χ3n) is 0.623. The van der Waals surface area contributed by atoms with Crippen LogP contribution in [0.15, 0.2) is 0 Å². The largest absolute Gasteiger partial charge is 0.313 e. The molecule has 0 radical (unpaired) electrons. The normalized spacial score (nSPS) is 18.7. The average molecular weight is 232 g/mol. The van der Waals surface area contributed by atoms with Crippen molar-refractivity contribution < 1.29 is 4.57 Å². The fraction of sp³-hybridized carbons (Fsp3) is 1.00. The van der Waals surface area contributed by atoms with Gasteiger partial charge in [-0.25, -0.2) is 0 Å². The highest BCUT2D eigenvalue weighted by atomic mass is 127. The van der Waals surface area contributed by atoms with Crippen LogP contribution in [-0.4, -0.2) is 12.8 Å². The van der Waals surface area contributed by atoms with Crippen LogP contribution in [0.5, 0.6) is 0 Å². The lowest BCUT2D eigenvalue weighted by atomic mass is 10.6. The van der Waals surface area contributed by atoms with Gasteiger partial charge in [0.1, 0.15) is 4.78 Å². The van der Waals surface area contributed by atoms with Gasteiger partial charge in [0.15, 0.2) is 0 Å². The second-order valence-electron chi connectivity index (χ2n) is 1.71. The van der Waals surface area contributed by atoms with Crippen LogP contribution in [0.2, 0.25) is 0 Å². The highest BCUT2D eigenvalue weighted by Gasteiger charge is 2.04. The summed E-state index contributed by atoms with van der Waals surface area (Å²) >= 11 is 2.03. The van der Waals surface area contributed by atoms with E-state index in [1.54, 1.807) is 0 Å². The molecule has 7 heavy (non-hydrogen) atoms. The molecule has 1 nitrogen and oxygen atoms in total. The van der Waals surface area contributed by atoms with Crippen molar-refractivity contribution in [3.8, 4) is 0 Å². The summed E-state index contributed by atoms with van der Waals surface area (Å²) in [5.74, 6) is 0. The molecular formula is C4H10IOP. The van der Waals surface area contributed by atoms with Crippen molar-refractivity contribution in [1.29, 1.82) is 0 Å². The summed E-state index contributed by atoms with van der Waals surface area (Å²) in [5.41, 5.74) is 0. The predicted molar refractivity (Wildman–Crippen MR) is 42.7 cm³/mol. The van der Waals surface area contributed by atoms with E-state index in [4.69, 9.17) is 0 Å². The molecule has 3 heteroatoms. The van der Waals surface area contributed by atoms with Gasteiger partial charge in [-0.05, 0) is 35.1 Å². The lowest BCUT2D eigenvalue weighted by Crippen LogP contribution is -1.74. The maximum absolute atomic E-state index is 10.8. The first kappa shape index (κ1) is 7.96. The fourth-order valence-corrected chi connectivity index (χ4v) is 2.65. The molecule has 0 fully saturated rings. The van der Waals surface area contributed by atoms with Crippen LogP contribution in [0.25, 0.3) is 0 Å². The Morgan fingerprint density at radius 1 is 1.71 bits per heavy atom. The van der Waals surface area contributed by atoms with Gasteiger partial charge >= 0.3 is 0 Å². The van der Waals surface area contributed by atoms with E-state index >= 15 is 0 Å². The van der Waals surface area contributed by atoms with E-state index in [0.29, 0.717) is 0 Å². The van der Waals surface area contributed by atoms with Gasteiger partial charge in [0.05, 0.1) is 0 Å². The van der Waals surface area contributed by atoms with Gasteiger partial charge in [-0.3, -0.25) is 0 Å². The topological polar surface area (TPSA) is 17.1 Å². The minimum Gasteiger partial charge on any atom is -0.313 e. The average Bonchev–Trinajstić information content (AvgIpc) is 1.30. The Labute approximate surface area is 57.7 Å². The van der Waals surface area contributed by atoms with Crippen molar-refractivity contribution in [1.82, 2.24) is 0 Å². The van der Waals surface area contributed by atoms with Crippen LogP contribution in [0.3, 0.4) is 0 Å². The van der Waals surface area contributed by atoms with Crippen molar-refractivity contribution in [2.24, 2.45) is 0 Å². The summed E-state index contributed by atoms with van der Waals surface area (Å²) in [4.78, 5) is -1.70. The molecule has 0 aliphatic rings. The third-order valence-corrected chi connectivity index (χ3v) is 3.32. The summed E-state index contributed by atoms with van der Waals surface area (Å²) in [6.45, 7) is 3.87. The minimum absolute atomic E-state index is 0.882. The van der Waals surface area contributed by atoms with Crippen LogP contribution >= 0.6 is 26.8 Å². The van der Waals surface area contributed by atoms with Crippen LogP contribution < -0.4 is 0 Å². The number of rotatable bonds is 2. The Kier molecular flexibility index (Phi) is 3.50. The molecule has 1 atom stereocenters. The Morgan fingerprint density at radius 2 is 2.14 bits per heavy atom. The summed E-state index contributed by atoms with van der Waals surface area (Å²) in [5, 5.41) is 0. The van der Waals surface area contributed by atoms with Crippen molar-refractivity contribution >= 4 is 26.8 Å². The zero-order valence-corrected chi connectivity index (χ0v) is 7.70. The molecule has 44 valence electrons. The summed E-state index contributed by atoms with van der Waals surface area (Å²) < 4.78 is 10.8. The molecule has 0 amide bonds. The van der Waals surface area contributed by atoms with Gasteiger partial charge < -0.3 is 4.57 Å². The molecule has 0 aromatic heterocycles. The van der Waals surface area contributed by atoms with Crippen LogP contribution in [0.1, 0.15) is 13.3 Å². The standard InChI is InChI=1S/C4H10IOP/c1-3-4-7(2,5)6/h3-4H2,1-2H3. The number of hydrogen-bond donors (Lipinski definition) is 0. The lowest BCUT2D eigenvalue weighted by Gasteiger charge is -1.97. The van der Waals surface area contributed by atoms with Gasteiger partial charge in [-0.15, -0.1) is 0 Å². The monoisotopic (exact) mass is 232 g/mol. The van der Waals surface area contributed by atoms with E-state index < -0.39 is 4.78 Å². The molecule has 0 aromatic rings. The smallest absolute Gasteiger partial charge is 0.140 e. The van der Waals surface area contributed by atoms with E-state index in [1.165, 1.54) is 0 Å². The van der Waals surface area contributed by atoms with Gasteiger partial charge in [0, 0.05) is 6.16 Å². The first-order valence-corrected chi connectivity index (χ1v) is 7.45. The second-order valence-corrected chi connectivity index (χ2v) is 10.3. The van der Waals surface area contributed by atoms with Crippen molar-refractivity contribution in [3.05, 3.63) is 0 Å². The Morgan fingerprint density at radius 3 is 2.14 bits per heavy atom. The van der Waals surface area contributed by atoms with Crippen molar-refractivity contribution in [3.63, 3.8) is 0 Å². The molecule has 0 bridgehead atoms. The molecule has 0 N–H and O–H groups in total. The van der Waals surface area contributed by atoms with Crippen molar-refractivity contribution in [2.45, 2.75) is 13.3 Å². The molecule has 0 aliphatic carbocycles. The zero-order chi connectivity index (χ0) is 5.91. The molecule has 0 saturated heterocycles. The van der Waals surface area contributed by atoms with Crippen LogP contribution in [0.4, 0.5) is 0 Å². The maximum Gasteiger partial charge on any atom is 0.140 e. The number of hydrogen-bond acceptors (Lipinski definition) is 1. The molecule has 0 heterocycles. The van der Waals surface area contributed by atoms with Gasteiger partial charge in [0.2, 0.25) is 0 Å². The van der Waals surface area contributed by atoms with Gasteiger partial charge in [-0.1, -0.05) is 6.92 Å². The Hall–Kier alpha value is 0.960. The molecular weight excluding hydrogens is 222 g/mol. The Balaban J connectivity index is 3.36. The quantitative estimate of drug-likeness (QED) is 0.528. The first-order valence-electron chi connectivity index (χ1n) is 2.32. The predicted octanol–water partition coefficient (Wildman–Crippen LogP) is 2.74. The summed E-state index contributed by atoms with van der Waals surface area (Å²) in [6, 6.07) is 0. The SMILES string of the molecule is CCCP(C)(=O)I. The minimum atomic E-state index is -1.70. The molecule has 1 unspecified atom stereocenters. The van der Waals surface area contributed by atoms with Crippen molar-refractivity contribution in [2.75, 3.05) is 12.8 Å². The lowest BCUT2D eigenvalue weighted by molar-refractivity contribution is 0.589. The van der Waals surface area contributed by atoms with E-state index in [9.17, 15) is 4.57 Å². The van der Waals surface area contributed by atoms with Gasteiger partial charge in [0.25, 0.3) is 0 Å². The van der Waals surface area contributed by atoms with E-state index in [1.807, 2.05) is 28.7 Å². The summed E-state index contributed by atoms with van der Waals surface area (Å²) in [6.07, 6.45) is 1.92. The fourth-order valence-electron chi connectivity index (χ4n) is 0.399. The molecule has 0 saturated carbocycles. The van der Waals surface area contributed by atoms with Crippen LogP contribution in [-0.2, 0) is 4.57 Å². The highest BCUT2D eigenvalue weighted by Crippen LogP contribution is 2.50.